The number of rotatable bonds is 0. The molecule has 18 heavy (non-hydrogen) atoms. The summed E-state index contributed by atoms with van der Waals surface area (Å²) in [5, 5.41) is 3.68. The van der Waals surface area contributed by atoms with Crippen LogP contribution in [0.5, 0.6) is 0 Å². The van der Waals surface area contributed by atoms with Crippen molar-refractivity contribution in [3.05, 3.63) is 0 Å². The van der Waals surface area contributed by atoms with Gasteiger partial charge >= 0.3 is 0 Å². The first-order valence-electron chi connectivity index (χ1n) is 7.19. The second kappa shape index (κ2) is 4.17. The highest BCUT2D eigenvalue weighted by Gasteiger charge is 2.56. The lowest BCUT2D eigenvalue weighted by Gasteiger charge is -2.57. The average molecular weight is 254 g/mol. The fourth-order valence-electron chi connectivity index (χ4n) is 3.76. The quantitative estimate of drug-likeness (QED) is 0.704. The van der Waals surface area contributed by atoms with Crippen LogP contribution in [0.25, 0.3) is 0 Å². The number of nitrogens with zero attached hydrogens (tertiary/aromatic N) is 1. The van der Waals surface area contributed by atoms with Crippen molar-refractivity contribution < 1.29 is 9.47 Å². The van der Waals surface area contributed by atoms with Crippen LogP contribution in [0.2, 0.25) is 0 Å². The van der Waals surface area contributed by atoms with Crippen LogP contribution in [0.4, 0.5) is 0 Å². The third-order valence-electron chi connectivity index (χ3n) is 5.20. The van der Waals surface area contributed by atoms with Crippen molar-refractivity contribution in [2.24, 2.45) is 5.41 Å². The van der Waals surface area contributed by atoms with Crippen LogP contribution in [0.3, 0.4) is 0 Å². The van der Waals surface area contributed by atoms with E-state index in [9.17, 15) is 0 Å². The number of hydrogen-bond donors (Lipinski definition) is 1. The normalized spacial score (nSPS) is 39.5. The highest BCUT2D eigenvalue weighted by Crippen LogP contribution is 2.48. The highest BCUT2D eigenvalue weighted by atomic mass is 16.6. The van der Waals surface area contributed by atoms with Gasteiger partial charge in [-0.15, -0.1) is 0 Å². The zero-order chi connectivity index (χ0) is 12.9. The van der Waals surface area contributed by atoms with E-state index in [1.54, 1.807) is 0 Å². The van der Waals surface area contributed by atoms with Crippen molar-refractivity contribution in [2.75, 3.05) is 39.9 Å². The molecule has 3 aliphatic heterocycles. The number of likely N-dealkylation sites (N-methyl/N-ethyl adjacent to an activating group) is 1. The van der Waals surface area contributed by atoms with E-state index in [1.165, 1.54) is 0 Å². The first kappa shape index (κ1) is 12.9. The Kier molecular flexibility index (Phi) is 2.98. The lowest BCUT2D eigenvalue weighted by molar-refractivity contribution is -0.269. The standard InChI is InChI=1S/C14H26N2O2/c1-12(2)10-15-14(4-7-16(3)11-14)18-13(12)5-8-17-9-6-13/h15H,4-11H2,1-3H3. The maximum Gasteiger partial charge on any atom is 0.134 e. The van der Waals surface area contributed by atoms with Crippen molar-refractivity contribution in [3.8, 4) is 0 Å². The molecule has 0 aromatic carbocycles. The second-order valence-corrected chi connectivity index (χ2v) is 6.93. The summed E-state index contributed by atoms with van der Waals surface area (Å²) in [4.78, 5) is 2.36. The molecule has 3 rings (SSSR count). The molecule has 4 heteroatoms. The molecule has 104 valence electrons. The molecule has 0 aromatic heterocycles. The zero-order valence-corrected chi connectivity index (χ0v) is 11.9. The Balaban J connectivity index is 1.85. The molecule has 3 fully saturated rings. The fraction of sp³-hybridized carbons (Fsp3) is 1.00. The van der Waals surface area contributed by atoms with Crippen molar-refractivity contribution in [1.29, 1.82) is 0 Å². The molecule has 3 aliphatic rings. The smallest absolute Gasteiger partial charge is 0.134 e. The van der Waals surface area contributed by atoms with E-state index in [1.807, 2.05) is 0 Å². The summed E-state index contributed by atoms with van der Waals surface area (Å²) < 4.78 is 12.3. The van der Waals surface area contributed by atoms with Crippen molar-refractivity contribution in [3.63, 3.8) is 0 Å². The SMILES string of the molecule is CN1CCC2(C1)NCC(C)(C)C1(CCOCC1)O2. The van der Waals surface area contributed by atoms with Gasteiger partial charge in [0.25, 0.3) is 0 Å². The van der Waals surface area contributed by atoms with Crippen molar-refractivity contribution >= 4 is 0 Å². The van der Waals surface area contributed by atoms with E-state index in [2.05, 4.69) is 31.1 Å². The molecule has 1 N–H and O–H groups in total. The first-order valence-corrected chi connectivity index (χ1v) is 7.19. The average Bonchev–Trinajstić information content (AvgIpc) is 2.68. The van der Waals surface area contributed by atoms with Gasteiger partial charge in [0.15, 0.2) is 0 Å². The van der Waals surface area contributed by atoms with Gasteiger partial charge in [0.2, 0.25) is 0 Å². The molecule has 3 saturated heterocycles. The Morgan fingerprint density at radius 2 is 1.83 bits per heavy atom. The largest absolute Gasteiger partial charge is 0.381 e. The van der Waals surface area contributed by atoms with Gasteiger partial charge in [-0.25, -0.2) is 0 Å². The Labute approximate surface area is 110 Å². The molecule has 1 atom stereocenters. The Morgan fingerprint density at radius 1 is 1.11 bits per heavy atom. The van der Waals surface area contributed by atoms with Gasteiger partial charge in [0.1, 0.15) is 5.72 Å². The van der Waals surface area contributed by atoms with E-state index < -0.39 is 0 Å². The summed E-state index contributed by atoms with van der Waals surface area (Å²) in [5.41, 5.74) is 0.0759. The lowest BCUT2D eigenvalue weighted by Crippen LogP contribution is -2.69. The summed E-state index contributed by atoms with van der Waals surface area (Å²) in [7, 11) is 2.18. The van der Waals surface area contributed by atoms with E-state index in [0.717, 1.165) is 52.1 Å². The van der Waals surface area contributed by atoms with Gasteiger partial charge in [0, 0.05) is 57.5 Å². The minimum absolute atomic E-state index is 0.00167. The second-order valence-electron chi connectivity index (χ2n) is 6.93. The van der Waals surface area contributed by atoms with Crippen LogP contribution in [-0.2, 0) is 9.47 Å². The third kappa shape index (κ3) is 1.90. The summed E-state index contributed by atoms with van der Waals surface area (Å²) in [6.45, 7) is 9.52. The van der Waals surface area contributed by atoms with Crippen LogP contribution in [-0.4, -0.2) is 56.1 Å². The maximum atomic E-state index is 6.72. The zero-order valence-electron chi connectivity index (χ0n) is 11.9. The summed E-state index contributed by atoms with van der Waals surface area (Å²) in [5.74, 6) is 0. The minimum atomic E-state index is -0.110. The van der Waals surface area contributed by atoms with Gasteiger partial charge in [-0.2, -0.15) is 0 Å². The summed E-state index contributed by atoms with van der Waals surface area (Å²) in [6, 6.07) is 0. The summed E-state index contributed by atoms with van der Waals surface area (Å²) >= 11 is 0. The minimum Gasteiger partial charge on any atom is -0.381 e. The molecule has 3 heterocycles. The number of nitrogens with one attached hydrogen (secondary N) is 1. The molecule has 0 amide bonds. The van der Waals surface area contributed by atoms with E-state index >= 15 is 0 Å². The molecule has 1 unspecified atom stereocenters. The van der Waals surface area contributed by atoms with Gasteiger partial charge in [0.05, 0.1) is 5.60 Å². The molecule has 2 spiro atoms. The number of hydrogen-bond acceptors (Lipinski definition) is 4. The molecule has 0 radical (unpaired) electrons. The van der Waals surface area contributed by atoms with Crippen LogP contribution >= 0.6 is 0 Å². The first-order chi connectivity index (χ1) is 8.47. The Hall–Kier alpha value is -0.160. The van der Waals surface area contributed by atoms with Gasteiger partial charge in [-0.1, -0.05) is 13.8 Å². The van der Waals surface area contributed by atoms with Crippen LogP contribution < -0.4 is 5.32 Å². The van der Waals surface area contributed by atoms with Crippen molar-refractivity contribution in [2.45, 2.75) is 44.4 Å². The van der Waals surface area contributed by atoms with E-state index in [-0.39, 0.29) is 16.7 Å². The topological polar surface area (TPSA) is 33.7 Å². The van der Waals surface area contributed by atoms with E-state index in [4.69, 9.17) is 9.47 Å². The monoisotopic (exact) mass is 254 g/mol. The molecular formula is C14H26N2O2. The molecule has 4 nitrogen and oxygen atoms in total. The highest BCUT2D eigenvalue weighted by molar-refractivity contribution is 5.06. The molecule has 0 aliphatic carbocycles. The van der Waals surface area contributed by atoms with Gasteiger partial charge < -0.3 is 14.4 Å². The van der Waals surface area contributed by atoms with Crippen LogP contribution in [0, 0.1) is 5.41 Å². The fourth-order valence-corrected chi connectivity index (χ4v) is 3.76. The Morgan fingerprint density at radius 3 is 2.44 bits per heavy atom. The predicted octanol–water partition coefficient (Wildman–Crippen LogP) is 1.21. The molecule has 0 aromatic rings. The molecule has 0 bridgehead atoms. The third-order valence-corrected chi connectivity index (χ3v) is 5.20. The number of likely N-dealkylation sites (tertiary alicyclic amines) is 1. The van der Waals surface area contributed by atoms with Crippen LogP contribution in [0.15, 0.2) is 0 Å². The number of ether oxygens (including phenoxy) is 2. The maximum absolute atomic E-state index is 6.72. The molecule has 0 saturated carbocycles. The van der Waals surface area contributed by atoms with Crippen molar-refractivity contribution in [1.82, 2.24) is 10.2 Å². The van der Waals surface area contributed by atoms with Gasteiger partial charge in [-0.05, 0) is 7.05 Å². The Bertz CT molecular complexity index is 326. The lowest BCUT2D eigenvalue weighted by atomic mass is 9.68. The molecular weight excluding hydrogens is 228 g/mol. The predicted molar refractivity (Wildman–Crippen MR) is 70.5 cm³/mol. The summed E-state index contributed by atoms with van der Waals surface area (Å²) in [6.07, 6.45) is 3.17. The van der Waals surface area contributed by atoms with Crippen LogP contribution in [0.1, 0.15) is 33.1 Å². The van der Waals surface area contributed by atoms with E-state index in [0.29, 0.717) is 0 Å². The van der Waals surface area contributed by atoms with Gasteiger partial charge in [-0.3, -0.25) is 5.32 Å².